The number of benzene rings is 1. The van der Waals surface area contributed by atoms with Crippen LogP contribution < -0.4 is 0 Å². The number of likely N-dealkylation sites (tertiary alicyclic amines) is 1. The smallest absolute Gasteiger partial charge is 0.311 e. The lowest BCUT2D eigenvalue weighted by atomic mass is 9.74. The third-order valence-electron chi connectivity index (χ3n) is 8.02. The number of thioether (sulfide) groups is 1. The van der Waals surface area contributed by atoms with Gasteiger partial charge in [-0.1, -0.05) is 68.0 Å². The Morgan fingerprint density at radius 2 is 1.89 bits per heavy atom. The lowest BCUT2D eigenvalue weighted by Gasteiger charge is -2.40. The number of esters is 1. The first-order valence-electron chi connectivity index (χ1n) is 12.9. The topological polar surface area (TPSA) is 87.2 Å². The molecule has 1 aromatic rings. The van der Waals surface area contributed by atoms with Gasteiger partial charge in [-0.05, 0) is 25.3 Å². The number of fused-ring (bicyclic) bond motifs is 2. The Hall–Kier alpha value is -2.58. The summed E-state index contributed by atoms with van der Waals surface area (Å²) < 4.78 is 3.96. The standard InChI is InChI=1S/C28H34N2O5S/c1-3-4-15-29-16-10-14-28-21(22-26(34)35-17-9-8-13-27(22,2)36-28)24(32)30(23(28)25(29)33)20(18-31)19-11-6-5-7-12-19/h5-8,10-14,20-23,31H,3-4,9,15-18H2,1-2H3/t20-,21+,22+,23?,27-,28+/m1/s1. The number of ether oxygens (including phenoxy) is 1. The summed E-state index contributed by atoms with van der Waals surface area (Å²) in [5, 5.41) is 10.5. The lowest BCUT2D eigenvalue weighted by molar-refractivity contribution is -0.154. The van der Waals surface area contributed by atoms with E-state index in [1.165, 1.54) is 11.8 Å². The normalized spacial score (nSPS) is 34.4. The molecular formula is C28H34N2O5S. The van der Waals surface area contributed by atoms with E-state index in [0.717, 1.165) is 18.4 Å². The van der Waals surface area contributed by atoms with Crippen molar-refractivity contribution >= 4 is 29.5 Å². The predicted molar refractivity (Wildman–Crippen MR) is 138 cm³/mol. The molecule has 4 aliphatic rings. The van der Waals surface area contributed by atoms with Crippen molar-refractivity contribution in [1.29, 1.82) is 0 Å². The Labute approximate surface area is 216 Å². The summed E-state index contributed by atoms with van der Waals surface area (Å²) in [6.45, 7) is 5.07. The molecule has 8 heteroatoms. The van der Waals surface area contributed by atoms with E-state index in [1.54, 1.807) is 4.90 Å². The van der Waals surface area contributed by atoms with E-state index < -0.39 is 39.4 Å². The van der Waals surface area contributed by atoms with Gasteiger partial charge in [-0.3, -0.25) is 14.4 Å². The van der Waals surface area contributed by atoms with Gasteiger partial charge in [0.15, 0.2) is 0 Å². The Kier molecular flexibility index (Phi) is 6.76. The number of carbonyl (C=O) groups is 3. The molecule has 5 rings (SSSR count). The summed E-state index contributed by atoms with van der Waals surface area (Å²) in [6, 6.07) is 7.81. The molecule has 4 aliphatic heterocycles. The fourth-order valence-electron chi connectivity index (χ4n) is 6.39. The monoisotopic (exact) mass is 510 g/mol. The molecule has 0 saturated carbocycles. The Morgan fingerprint density at radius 1 is 1.11 bits per heavy atom. The van der Waals surface area contributed by atoms with Gasteiger partial charge in [0.25, 0.3) is 0 Å². The molecule has 2 amide bonds. The van der Waals surface area contributed by atoms with E-state index in [0.29, 0.717) is 19.5 Å². The van der Waals surface area contributed by atoms with Crippen molar-refractivity contribution in [2.45, 2.75) is 54.7 Å². The first-order valence-corrected chi connectivity index (χ1v) is 13.7. The van der Waals surface area contributed by atoms with Crippen LogP contribution >= 0.6 is 11.8 Å². The maximum atomic E-state index is 14.4. The zero-order chi connectivity index (χ0) is 25.5. The SMILES string of the molecule is CCCCN1CC=C[C@]23S[C@]4(C)C=CCCOC(=O)[C@@H]4[C@H]2C(=O)N([C@H](CO)c2ccccc2)C3C1=O. The fourth-order valence-corrected chi connectivity index (χ4v) is 8.53. The molecule has 192 valence electrons. The molecule has 2 fully saturated rings. The van der Waals surface area contributed by atoms with Crippen LogP contribution in [0.3, 0.4) is 0 Å². The summed E-state index contributed by atoms with van der Waals surface area (Å²) in [6.07, 6.45) is 10.5. The number of aliphatic hydroxyl groups excluding tert-OH is 1. The van der Waals surface area contributed by atoms with E-state index in [-0.39, 0.29) is 25.0 Å². The highest BCUT2D eigenvalue weighted by atomic mass is 32.2. The van der Waals surface area contributed by atoms with Crippen LogP contribution in [0.25, 0.3) is 0 Å². The van der Waals surface area contributed by atoms with Crippen molar-refractivity contribution in [3.8, 4) is 0 Å². The molecule has 6 atom stereocenters. The number of amides is 2. The third kappa shape index (κ3) is 3.80. The van der Waals surface area contributed by atoms with Crippen LogP contribution in [0.5, 0.6) is 0 Å². The molecule has 2 saturated heterocycles. The molecule has 1 aromatic carbocycles. The number of aliphatic hydroxyl groups is 1. The minimum Gasteiger partial charge on any atom is -0.465 e. The number of cyclic esters (lactones) is 1. The van der Waals surface area contributed by atoms with Gasteiger partial charge < -0.3 is 19.6 Å². The summed E-state index contributed by atoms with van der Waals surface area (Å²) in [4.78, 5) is 45.5. The second kappa shape index (κ2) is 9.71. The average molecular weight is 511 g/mol. The predicted octanol–water partition coefficient (Wildman–Crippen LogP) is 3.11. The van der Waals surface area contributed by atoms with Gasteiger partial charge in [0, 0.05) is 17.8 Å². The number of carbonyl (C=O) groups excluding carboxylic acids is 3. The van der Waals surface area contributed by atoms with Crippen LogP contribution in [0, 0.1) is 11.8 Å². The minimum absolute atomic E-state index is 0.124. The molecule has 7 nitrogen and oxygen atoms in total. The van der Waals surface area contributed by atoms with Crippen molar-refractivity contribution in [3.63, 3.8) is 0 Å². The van der Waals surface area contributed by atoms with E-state index in [4.69, 9.17) is 4.74 Å². The van der Waals surface area contributed by atoms with Gasteiger partial charge in [-0.25, -0.2) is 0 Å². The van der Waals surface area contributed by atoms with Crippen LogP contribution in [-0.2, 0) is 19.1 Å². The van der Waals surface area contributed by atoms with Crippen molar-refractivity contribution in [2.75, 3.05) is 26.3 Å². The molecule has 1 unspecified atom stereocenters. The largest absolute Gasteiger partial charge is 0.465 e. The van der Waals surface area contributed by atoms with E-state index >= 15 is 0 Å². The zero-order valence-electron chi connectivity index (χ0n) is 20.8. The molecule has 1 N–H and O–H groups in total. The van der Waals surface area contributed by atoms with Gasteiger partial charge in [-0.2, -0.15) is 0 Å². The van der Waals surface area contributed by atoms with E-state index in [1.807, 2.05) is 66.5 Å². The second-order valence-electron chi connectivity index (χ2n) is 10.3. The van der Waals surface area contributed by atoms with Gasteiger partial charge >= 0.3 is 5.97 Å². The molecular weight excluding hydrogens is 476 g/mol. The molecule has 1 spiro atoms. The molecule has 36 heavy (non-hydrogen) atoms. The molecule has 0 radical (unpaired) electrons. The Bertz CT molecular complexity index is 1090. The highest BCUT2D eigenvalue weighted by molar-refractivity contribution is 8.02. The van der Waals surface area contributed by atoms with Gasteiger partial charge in [0.05, 0.1) is 35.8 Å². The highest BCUT2D eigenvalue weighted by Gasteiger charge is 2.74. The number of unbranched alkanes of at least 4 members (excludes halogenated alkanes) is 1. The second-order valence-corrected chi connectivity index (χ2v) is 12.0. The van der Waals surface area contributed by atoms with Gasteiger partial charge in [0.2, 0.25) is 11.8 Å². The number of hydrogen-bond acceptors (Lipinski definition) is 6. The quantitative estimate of drug-likeness (QED) is 0.468. The molecule has 0 bridgehead atoms. The first kappa shape index (κ1) is 25.1. The summed E-state index contributed by atoms with van der Waals surface area (Å²) in [5.74, 6) is -2.28. The molecule has 0 aliphatic carbocycles. The highest BCUT2D eigenvalue weighted by Crippen LogP contribution is 2.66. The van der Waals surface area contributed by atoms with Crippen LogP contribution in [-0.4, -0.2) is 74.5 Å². The number of hydrogen-bond donors (Lipinski definition) is 1. The van der Waals surface area contributed by atoms with Crippen LogP contribution in [0.4, 0.5) is 0 Å². The van der Waals surface area contributed by atoms with Crippen molar-refractivity contribution < 1.29 is 24.2 Å². The first-order chi connectivity index (χ1) is 17.4. The number of nitrogens with zero attached hydrogens (tertiary/aromatic N) is 2. The molecule has 0 aromatic heterocycles. The molecule has 4 heterocycles. The fraction of sp³-hybridized carbons (Fsp3) is 0.536. The zero-order valence-corrected chi connectivity index (χ0v) is 21.7. The average Bonchev–Trinajstić information content (AvgIpc) is 3.19. The maximum absolute atomic E-state index is 14.4. The van der Waals surface area contributed by atoms with E-state index in [9.17, 15) is 19.5 Å². The van der Waals surface area contributed by atoms with Crippen molar-refractivity contribution in [1.82, 2.24) is 9.80 Å². The maximum Gasteiger partial charge on any atom is 0.311 e. The van der Waals surface area contributed by atoms with Crippen molar-refractivity contribution in [2.24, 2.45) is 11.8 Å². The van der Waals surface area contributed by atoms with Crippen LogP contribution in [0.15, 0.2) is 54.6 Å². The third-order valence-corrected chi connectivity index (χ3v) is 9.81. The van der Waals surface area contributed by atoms with Gasteiger partial charge in [-0.15, -0.1) is 11.8 Å². The summed E-state index contributed by atoms with van der Waals surface area (Å²) in [5.41, 5.74) is 0.762. The van der Waals surface area contributed by atoms with Crippen molar-refractivity contribution in [3.05, 3.63) is 60.2 Å². The van der Waals surface area contributed by atoms with E-state index in [2.05, 4.69) is 6.92 Å². The summed E-state index contributed by atoms with van der Waals surface area (Å²) in [7, 11) is 0. The van der Waals surface area contributed by atoms with Crippen LogP contribution in [0.1, 0.15) is 44.7 Å². The lowest BCUT2D eigenvalue weighted by Crippen LogP contribution is -2.54. The summed E-state index contributed by atoms with van der Waals surface area (Å²) >= 11 is 1.53. The number of rotatable bonds is 6. The Balaban J connectivity index is 1.68. The minimum atomic E-state index is -0.940. The van der Waals surface area contributed by atoms with Gasteiger partial charge in [0.1, 0.15) is 6.04 Å². The Morgan fingerprint density at radius 3 is 2.61 bits per heavy atom. The van der Waals surface area contributed by atoms with Crippen LogP contribution in [0.2, 0.25) is 0 Å².